The Bertz CT molecular complexity index is 652. The van der Waals surface area contributed by atoms with E-state index < -0.39 is 0 Å². The van der Waals surface area contributed by atoms with Crippen molar-refractivity contribution in [3.63, 3.8) is 0 Å². The zero-order chi connectivity index (χ0) is 15.2. The third kappa shape index (κ3) is 3.85. The molecule has 1 N–H and O–H groups in total. The van der Waals surface area contributed by atoms with Crippen LogP contribution in [0.1, 0.15) is 34.9 Å². The standard InChI is InChI=1S/C14H16N4O2S/c1-4-20-13(19)12-10(3)16-14(21-12)18-17-9(2)11-7-5-6-8-15-11/h5-8H,4H2,1-3H3,(H,16,18)/b17-9+. The van der Waals surface area contributed by atoms with Crippen LogP contribution in [-0.2, 0) is 4.74 Å². The van der Waals surface area contributed by atoms with Crippen molar-refractivity contribution in [1.82, 2.24) is 9.97 Å². The third-order valence-electron chi connectivity index (χ3n) is 2.61. The molecular weight excluding hydrogens is 288 g/mol. The minimum atomic E-state index is -0.356. The Hall–Kier alpha value is -2.28. The largest absolute Gasteiger partial charge is 0.462 e. The predicted molar refractivity (Wildman–Crippen MR) is 82.9 cm³/mol. The molecule has 7 heteroatoms. The Morgan fingerprint density at radius 3 is 2.95 bits per heavy atom. The van der Waals surface area contributed by atoms with Crippen molar-refractivity contribution in [3.8, 4) is 0 Å². The van der Waals surface area contributed by atoms with Crippen LogP contribution in [0.4, 0.5) is 5.13 Å². The van der Waals surface area contributed by atoms with Crippen LogP contribution in [0.2, 0.25) is 0 Å². The number of ether oxygens (including phenoxy) is 1. The molecule has 0 saturated heterocycles. The number of aromatic nitrogens is 2. The number of carbonyl (C=O) groups excluding carboxylic acids is 1. The molecule has 0 bridgehead atoms. The molecule has 110 valence electrons. The first-order chi connectivity index (χ1) is 10.1. The second-order valence-corrected chi connectivity index (χ2v) is 5.18. The molecule has 0 aliphatic heterocycles. The molecule has 0 radical (unpaired) electrons. The summed E-state index contributed by atoms with van der Waals surface area (Å²) >= 11 is 1.22. The Balaban J connectivity index is 2.10. The van der Waals surface area contributed by atoms with Crippen molar-refractivity contribution in [2.24, 2.45) is 5.10 Å². The monoisotopic (exact) mass is 304 g/mol. The first kappa shape index (κ1) is 15.1. The lowest BCUT2D eigenvalue weighted by Crippen LogP contribution is -2.03. The number of thiazole rings is 1. The number of nitrogens with zero attached hydrogens (tertiary/aromatic N) is 3. The normalized spacial score (nSPS) is 11.3. The summed E-state index contributed by atoms with van der Waals surface area (Å²) in [5.74, 6) is -0.356. The van der Waals surface area contributed by atoms with E-state index in [4.69, 9.17) is 4.74 Å². The van der Waals surface area contributed by atoms with Gasteiger partial charge in [-0.1, -0.05) is 17.4 Å². The fraction of sp³-hybridized carbons (Fsp3) is 0.286. The second kappa shape index (κ2) is 6.94. The van der Waals surface area contributed by atoms with Crippen molar-refractivity contribution < 1.29 is 9.53 Å². The molecule has 6 nitrogen and oxygen atoms in total. The highest BCUT2D eigenvalue weighted by molar-refractivity contribution is 7.17. The summed E-state index contributed by atoms with van der Waals surface area (Å²) in [6.07, 6.45) is 1.71. The van der Waals surface area contributed by atoms with Crippen LogP contribution in [-0.4, -0.2) is 28.3 Å². The number of hydrazone groups is 1. The minimum Gasteiger partial charge on any atom is -0.462 e. The summed E-state index contributed by atoms with van der Waals surface area (Å²) in [5, 5.41) is 4.77. The lowest BCUT2D eigenvalue weighted by atomic mass is 10.3. The summed E-state index contributed by atoms with van der Waals surface area (Å²) in [6, 6.07) is 5.62. The molecule has 0 aliphatic carbocycles. The van der Waals surface area contributed by atoms with E-state index in [2.05, 4.69) is 20.5 Å². The summed E-state index contributed by atoms with van der Waals surface area (Å²) < 4.78 is 4.97. The minimum absolute atomic E-state index is 0.343. The molecule has 0 aromatic carbocycles. The van der Waals surface area contributed by atoms with Crippen molar-refractivity contribution in [3.05, 3.63) is 40.7 Å². The van der Waals surface area contributed by atoms with E-state index in [0.29, 0.717) is 22.3 Å². The number of hydrogen-bond acceptors (Lipinski definition) is 7. The molecule has 2 aromatic rings. The van der Waals surface area contributed by atoms with Gasteiger partial charge in [0.1, 0.15) is 4.88 Å². The lowest BCUT2D eigenvalue weighted by molar-refractivity contribution is 0.0531. The van der Waals surface area contributed by atoms with Crippen LogP contribution in [0.5, 0.6) is 0 Å². The molecule has 0 atom stereocenters. The number of nitrogens with one attached hydrogen (secondary N) is 1. The van der Waals surface area contributed by atoms with Crippen LogP contribution >= 0.6 is 11.3 Å². The highest BCUT2D eigenvalue weighted by Gasteiger charge is 2.16. The van der Waals surface area contributed by atoms with E-state index in [0.717, 1.165) is 11.4 Å². The summed E-state index contributed by atoms with van der Waals surface area (Å²) in [7, 11) is 0. The van der Waals surface area contributed by atoms with Gasteiger partial charge in [0, 0.05) is 6.20 Å². The first-order valence-electron chi connectivity index (χ1n) is 6.48. The van der Waals surface area contributed by atoms with Gasteiger partial charge in [0.05, 0.1) is 23.7 Å². The zero-order valence-corrected chi connectivity index (χ0v) is 12.9. The number of rotatable bonds is 5. The summed E-state index contributed by atoms with van der Waals surface area (Å²) in [5.41, 5.74) is 5.00. The highest BCUT2D eigenvalue weighted by Crippen LogP contribution is 2.23. The molecule has 0 aliphatic rings. The molecule has 0 saturated carbocycles. The summed E-state index contributed by atoms with van der Waals surface area (Å²) in [6.45, 7) is 5.73. The predicted octanol–water partition coefficient (Wildman–Crippen LogP) is 2.86. The molecule has 2 aromatic heterocycles. The van der Waals surface area contributed by atoms with Gasteiger partial charge in [-0.3, -0.25) is 10.4 Å². The Morgan fingerprint density at radius 2 is 2.29 bits per heavy atom. The fourth-order valence-corrected chi connectivity index (χ4v) is 2.40. The van der Waals surface area contributed by atoms with E-state index >= 15 is 0 Å². The molecule has 0 amide bonds. The van der Waals surface area contributed by atoms with Gasteiger partial charge in [0.25, 0.3) is 0 Å². The van der Waals surface area contributed by atoms with E-state index in [1.165, 1.54) is 11.3 Å². The maximum absolute atomic E-state index is 11.7. The van der Waals surface area contributed by atoms with Crippen LogP contribution in [0.3, 0.4) is 0 Å². The van der Waals surface area contributed by atoms with Crippen molar-refractivity contribution in [2.45, 2.75) is 20.8 Å². The lowest BCUT2D eigenvalue weighted by Gasteiger charge is -1.99. The van der Waals surface area contributed by atoms with E-state index in [-0.39, 0.29) is 5.97 Å². The van der Waals surface area contributed by atoms with Crippen molar-refractivity contribution in [1.29, 1.82) is 0 Å². The van der Waals surface area contributed by atoms with Gasteiger partial charge < -0.3 is 4.74 Å². The number of aryl methyl sites for hydroxylation is 1. The summed E-state index contributed by atoms with van der Waals surface area (Å²) in [4.78, 5) is 20.7. The molecule has 0 unspecified atom stereocenters. The van der Waals surface area contributed by atoms with Gasteiger partial charge >= 0.3 is 5.97 Å². The number of esters is 1. The van der Waals surface area contributed by atoms with Crippen LogP contribution in [0.15, 0.2) is 29.5 Å². The third-order valence-corrected chi connectivity index (χ3v) is 3.65. The maximum atomic E-state index is 11.7. The average Bonchev–Trinajstić information content (AvgIpc) is 2.87. The molecule has 21 heavy (non-hydrogen) atoms. The maximum Gasteiger partial charge on any atom is 0.350 e. The van der Waals surface area contributed by atoms with Gasteiger partial charge in [-0.2, -0.15) is 5.10 Å². The number of carbonyl (C=O) groups is 1. The van der Waals surface area contributed by atoms with E-state index in [9.17, 15) is 4.79 Å². The van der Waals surface area contributed by atoms with Gasteiger partial charge in [-0.25, -0.2) is 9.78 Å². The molecule has 0 spiro atoms. The molecule has 0 fully saturated rings. The quantitative estimate of drug-likeness (QED) is 0.522. The number of pyridine rings is 1. The van der Waals surface area contributed by atoms with Crippen molar-refractivity contribution >= 4 is 28.1 Å². The van der Waals surface area contributed by atoms with Gasteiger partial charge in [-0.05, 0) is 32.9 Å². The van der Waals surface area contributed by atoms with Gasteiger partial charge in [0.2, 0.25) is 5.13 Å². The van der Waals surface area contributed by atoms with Crippen LogP contribution in [0, 0.1) is 6.92 Å². The van der Waals surface area contributed by atoms with Crippen molar-refractivity contribution in [2.75, 3.05) is 12.0 Å². The highest BCUT2D eigenvalue weighted by atomic mass is 32.1. The molecule has 2 heterocycles. The van der Waals surface area contributed by atoms with Crippen LogP contribution in [0.25, 0.3) is 0 Å². The SMILES string of the molecule is CCOC(=O)c1sc(N/N=C(\C)c2ccccn2)nc1C. The molecular formula is C14H16N4O2S. The smallest absolute Gasteiger partial charge is 0.350 e. The topological polar surface area (TPSA) is 76.5 Å². The average molecular weight is 304 g/mol. The number of anilines is 1. The molecule has 2 rings (SSSR count). The van der Waals surface area contributed by atoms with E-state index in [1.54, 1.807) is 20.0 Å². The second-order valence-electron chi connectivity index (χ2n) is 4.18. The Morgan fingerprint density at radius 1 is 1.48 bits per heavy atom. The Labute approximate surface area is 126 Å². The Kier molecular flexibility index (Phi) is 4.99. The van der Waals surface area contributed by atoms with E-state index in [1.807, 2.05) is 25.1 Å². The van der Waals surface area contributed by atoms with Gasteiger partial charge in [-0.15, -0.1) is 0 Å². The number of hydrogen-bond donors (Lipinski definition) is 1. The fourth-order valence-electron chi connectivity index (χ4n) is 1.60. The zero-order valence-electron chi connectivity index (χ0n) is 12.1. The first-order valence-corrected chi connectivity index (χ1v) is 7.29. The van der Waals surface area contributed by atoms with Gasteiger partial charge in [0.15, 0.2) is 0 Å². The van der Waals surface area contributed by atoms with Crippen LogP contribution < -0.4 is 5.43 Å².